The third-order valence-electron chi connectivity index (χ3n) is 16.4. The number of fused-ring (bicyclic) bond motifs is 2. The summed E-state index contributed by atoms with van der Waals surface area (Å²) < 4.78 is 38.5. The van der Waals surface area contributed by atoms with Crippen LogP contribution in [-0.2, 0) is 14.4 Å². The van der Waals surface area contributed by atoms with Crippen LogP contribution in [0.4, 0.5) is 26.0 Å². The van der Waals surface area contributed by atoms with E-state index in [1.54, 1.807) is 24.4 Å². The molecular weight excluding hydrogens is 937 g/mol. The van der Waals surface area contributed by atoms with E-state index in [9.17, 15) is 18.8 Å². The molecule has 0 bridgehead atoms. The highest BCUT2D eigenvalue weighted by Crippen LogP contribution is 2.47. The Kier molecular flexibility index (Phi) is 16.1. The number of carbonyl (C=O) groups is 3. The number of piperazine rings is 1. The van der Waals surface area contributed by atoms with Crippen LogP contribution in [0.15, 0.2) is 54.7 Å². The highest BCUT2D eigenvalue weighted by Gasteiger charge is 2.45. The van der Waals surface area contributed by atoms with E-state index >= 15 is 4.39 Å². The lowest BCUT2D eigenvalue weighted by atomic mass is 9.95. The number of piperidine rings is 3. The number of imide groups is 1. The van der Waals surface area contributed by atoms with Crippen LogP contribution in [0.25, 0.3) is 32.9 Å². The number of terminal acetylenes is 1. The van der Waals surface area contributed by atoms with E-state index in [1.165, 1.54) is 11.8 Å². The molecule has 392 valence electrons. The minimum atomic E-state index is -0.608. The van der Waals surface area contributed by atoms with Gasteiger partial charge in [-0.05, 0) is 93.2 Å². The molecule has 74 heavy (non-hydrogen) atoms. The number of carbonyl (C=O) groups excluding carboxylic acids is 3. The monoisotopic (exact) mass is 1010 g/mol. The second-order valence-electron chi connectivity index (χ2n) is 22.0. The van der Waals surface area contributed by atoms with E-state index in [0.717, 1.165) is 122 Å². The van der Waals surface area contributed by atoms with Gasteiger partial charge in [-0.2, -0.15) is 9.97 Å². The van der Waals surface area contributed by atoms with Crippen LogP contribution in [0.2, 0.25) is 0 Å². The molecular formula is C59H73F2N9O4. The van der Waals surface area contributed by atoms with E-state index < -0.39 is 11.6 Å². The fourth-order valence-electron chi connectivity index (χ4n) is 11.4. The number of benzene rings is 3. The minimum Gasteiger partial charge on any atom is -0.463 e. The van der Waals surface area contributed by atoms with Gasteiger partial charge >= 0.3 is 6.01 Å². The fraction of sp³-hybridized carbons (Fsp3) is 0.525. The Morgan fingerprint density at radius 3 is 2.38 bits per heavy atom. The maximum Gasteiger partial charge on any atom is 0.319 e. The maximum atomic E-state index is 17.0. The van der Waals surface area contributed by atoms with Crippen molar-refractivity contribution in [3.05, 3.63) is 77.5 Å². The molecule has 5 aliphatic rings. The van der Waals surface area contributed by atoms with Crippen LogP contribution in [-0.4, -0.2) is 122 Å². The normalized spacial score (nSPS) is 20.9. The van der Waals surface area contributed by atoms with Gasteiger partial charge in [-0.3, -0.25) is 24.7 Å². The number of rotatable bonds is 13. The molecule has 3 amide bonds. The summed E-state index contributed by atoms with van der Waals surface area (Å²) >= 11 is 0. The quantitative estimate of drug-likeness (QED) is 0.0896. The Bertz CT molecular complexity index is 2920. The Balaban J connectivity index is 0.000000676. The summed E-state index contributed by atoms with van der Waals surface area (Å²) in [5.41, 5.74) is 4.06. The SMILES string of the molecule is C#Cc1c(F)ccc2cccc(-c3ncc4c(N5CCCC(C)C5)nc(OCC5(CN6CCN(CC7CCN(c8cccc(C)c8N(C)C(=O)C(C)CC)CC7)CC6)CC5)nc4c3F)c12.CC1CCC(=O)NC1=O. The molecule has 5 fully saturated rings. The molecule has 5 aromatic rings. The van der Waals surface area contributed by atoms with Gasteiger partial charge < -0.3 is 29.2 Å². The first-order valence-electron chi connectivity index (χ1n) is 27.0. The minimum absolute atomic E-state index is 0.00262. The lowest BCUT2D eigenvalue weighted by molar-refractivity contribution is -0.135. The van der Waals surface area contributed by atoms with Gasteiger partial charge in [0.25, 0.3) is 0 Å². The van der Waals surface area contributed by atoms with Crippen LogP contribution < -0.4 is 24.8 Å². The van der Waals surface area contributed by atoms with Crippen molar-refractivity contribution in [2.45, 2.75) is 92.4 Å². The lowest BCUT2D eigenvalue weighted by Crippen LogP contribution is -2.50. The molecule has 1 aliphatic carbocycles. The van der Waals surface area contributed by atoms with Gasteiger partial charge in [0.2, 0.25) is 17.7 Å². The summed E-state index contributed by atoms with van der Waals surface area (Å²) in [7, 11) is 1.93. The Labute approximate surface area is 435 Å². The predicted molar refractivity (Wildman–Crippen MR) is 289 cm³/mol. The van der Waals surface area contributed by atoms with Crippen molar-refractivity contribution in [2.24, 2.45) is 29.1 Å². The second kappa shape index (κ2) is 22.7. The van der Waals surface area contributed by atoms with Crippen molar-refractivity contribution in [1.29, 1.82) is 0 Å². The van der Waals surface area contributed by atoms with Gasteiger partial charge in [0.1, 0.15) is 22.8 Å². The van der Waals surface area contributed by atoms with Crippen molar-refractivity contribution in [2.75, 3.05) is 93.8 Å². The summed E-state index contributed by atoms with van der Waals surface area (Å²) in [6, 6.07) is 14.9. The molecule has 0 spiro atoms. The van der Waals surface area contributed by atoms with E-state index in [-0.39, 0.29) is 57.8 Å². The zero-order chi connectivity index (χ0) is 52.3. The van der Waals surface area contributed by atoms with Gasteiger partial charge in [0.15, 0.2) is 5.82 Å². The topological polar surface area (TPSA) is 127 Å². The fourth-order valence-corrected chi connectivity index (χ4v) is 11.4. The number of hydrogen-bond donors (Lipinski definition) is 1. The van der Waals surface area contributed by atoms with E-state index in [4.69, 9.17) is 21.1 Å². The summed E-state index contributed by atoms with van der Waals surface area (Å²) in [5, 5.41) is 3.93. The van der Waals surface area contributed by atoms with Gasteiger partial charge in [0, 0.05) is 113 Å². The molecule has 1 N–H and O–H groups in total. The molecule has 0 radical (unpaired) electrons. The van der Waals surface area contributed by atoms with Crippen LogP contribution in [0.1, 0.15) is 96.6 Å². The first-order valence-corrected chi connectivity index (χ1v) is 27.0. The summed E-state index contributed by atoms with van der Waals surface area (Å²) in [5.74, 6) is 3.00. The largest absolute Gasteiger partial charge is 0.463 e. The number of hydrogen-bond acceptors (Lipinski definition) is 11. The molecule has 15 heteroatoms. The molecule has 4 saturated heterocycles. The number of aromatic nitrogens is 3. The number of amides is 3. The highest BCUT2D eigenvalue weighted by atomic mass is 19.1. The Hall–Kier alpha value is -6.24. The van der Waals surface area contributed by atoms with Crippen LogP contribution in [0, 0.1) is 60.0 Å². The number of aryl methyl sites for hydroxylation is 1. The molecule has 13 nitrogen and oxygen atoms in total. The average Bonchev–Trinajstić information content (AvgIpc) is 4.18. The molecule has 2 aromatic heterocycles. The van der Waals surface area contributed by atoms with Crippen LogP contribution >= 0.6 is 0 Å². The molecule has 4 aliphatic heterocycles. The first kappa shape index (κ1) is 52.6. The number of pyridine rings is 1. The Morgan fingerprint density at radius 2 is 1.69 bits per heavy atom. The molecule has 1 saturated carbocycles. The predicted octanol–water partition coefficient (Wildman–Crippen LogP) is 9.41. The first-order chi connectivity index (χ1) is 35.6. The van der Waals surface area contributed by atoms with Crippen molar-refractivity contribution < 1.29 is 27.9 Å². The molecule has 10 rings (SSSR count). The summed E-state index contributed by atoms with van der Waals surface area (Å²) in [6.45, 7) is 20.5. The smallest absolute Gasteiger partial charge is 0.319 e. The number of ether oxygens (including phenoxy) is 1. The molecule has 3 atom stereocenters. The van der Waals surface area contributed by atoms with Gasteiger partial charge in [0.05, 0.1) is 28.9 Å². The van der Waals surface area contributed by atoms with Crippen molar-refractivity contribution >= 4 is 56.6 Å². The van der Waals surface area contributed by atoms with Gasteiger partial charge in [-0.15, -0.1) is 6.42 Å². The number of anilines is 3. The third kappa shape index (κ3) is 11.5. The zero-order valence-corrected chi connectivity index (χ0v) is 44.2. The van der Waals surface area contributed by atoms with Crippen LogP contribution in [0.5, 0.6) is 6.01 Å². The van der Waals surface area contributed by atoms with Crippen molar-refractivity contribution in [3.63, 3.8) is 0 Å². The maximum absolute atomic E-state index is 17.0. The number of nitrogens with zero attached hydrogens (tertiary/aromatic N) is 8. The summed E-state index contributed by atoms with van der Waals surface area (Å²) in [6.07, 6.45) is 16.0. The highest BCUT2D eigenvalue weighted by molar-refractivity contribution is 6.02. The van der Waals surface area contributed by atoms with Gasteiger partial charge in [-0.1, -0.05) is 70.0 Å². The number of nitrogens with one attached hydrogen (secondary N) is 1. The third-order valence-corrected chi connectivity index (χ3v) is 16.4. The lowest BCUT2D eigenvalue weighted by Gasteiger charge is -2.41. The Morgan fingerprint density at radius 1 is 0.946 bits per heavy atom. The van der Waals surface area contributed by atoms with E-state index in [2.05, 4.69) is 74.8 Å². The van der Waals surface area contributed by atoms with Crippen LogP contribution in [0.3, 0.4) is 0 Å². The average molecular weight is 1010 g/mol. The van der Waals surface area contributed by atoms with Crippen molar-refractivity contribution in [1.82, 2.24) is 30.1 Å². The number of para-hydroxylation sites is 1. The molecule has 6 heterocycles. The van der Waals surface area contributed by atoms with Gasteiger partial charge in [-0.25, -0.2) is 8.78 Å². The molecule has 3 unspecified atom stereocenters. The van der Waals surface area contributed by atoms with E-state index in [1.807, 2.05) is 31.9 Å². The standard InChI is InChI=1S/C53H64F2N8O2.C6H9NO2/c1-7-36(4)51(64)59(6)49-37(5)13-9-16-44(49)62-24-19-38(20-25-62)32-60-26-28-61(29-27-60)33-53(21-22-53)34-65-52-57-48-42(50(58-52)63-23-11-12-35(3)31-63)30-56-47(46(48)55)41-15-10-14-39-17-18-43(54)40(8-2)45(39)41;1-4-2-3-5(8)7-6(4)9/h2,9-10,13-18,30,35-36,38H,7,11-12,19-29,31-34H2,1,3-6H3;4H,2-3H2,1H3,(H,7,8,9). The number of halogens is 2. The van der Waals surface area contributed by atoms with Crippen molar-refractivity contribution in [3.8, 4) is 29.6 Å². The van der Waals surface area contributed by atoms with E-state index in [0.29, 0.717) is 58.8 Å². The zero-order valence-electron chi connectivity index (χ0n) is 44.2. The molecule has 3 aromatic carbocycles. The second-order valence-corrected chi connectivity index (χ2v) is 22.0. The summed E-state index contributed by atoms with van der Waals surface area (Å²) in [4.78, 5) is 60.5.